The number of rotatable bonds is 5. The number of carbonyl (C=O) groups excluding carboxylic acids is 2. The molecule has 0 unspecified atom stereocenters. The second-order valence-electron chi connectivity index (χ2n) is 7.21. The fraction of sp³-hybridized carbons (Fsp3) is 0.600. The normalized spacial score (nSPS) is 18.2. The monoisotopic (exact) mass is 362 g/mol. The van der Waals surface area contributed by atoms with E-state index in [4.69, 9.17) is 4.74 Å². The Labute approximate surface area is 154 Å². The van der Waals surface area contributed by atoms with Gasteiger partial charge in [0.1, 0.15) is 11.6 Å². The Morgan fingerprint density at radius 2 is 1.77 bits per heavy atom. The Morgan fingerprint density at radius 3 is 2.38 bits per heavy atom. The molecule has 0 radical (unpaired) electrons. The zero-order valence-electron chi connectivity index (χ0n) is 15.4. The summed E-state index contributed by atoms with van der Waals surface area (Å²) in [5, 5.41) is 0. The molecule has 0 spiro atoms. The number of hydrogen-bond acceptors (Lipinski definition) is 3. The van der Waals surface area contributed by atoms with Crippen LogP contribution in [0.4, 0.5) is 4.39 Å². The highest BCUT2D eigenvalue weighted by molar-refractivity contribution is 5.94. The first-order valence-electron chi connectivity index (χ1n) is 9.49. The third kappa shape index (κ3) is 4.34. The van der Waals surface area contributed by atoms with Gasteiger partial charge in [-0.15, -0.1) is 0 Å². The van der Waals surface area contributed by atoms with Gasteiger partial charge in [0.05, 0.1) is 12.7 Å². The van der Waals surface area contributed by atoms with E-state index in [0.29, 0.717) is 44.3 Å². The zero-order chi connectivity index (χ0) is 18.5. The zero-order valence-corrected chi connectivity index (χ0v) is 15.4. The van der Waals surface area contributed by atoms with E-state index < -0.39 is 5.82 Å². The van der Waals surface area contributed by atoms with Crippen molar-refractivity contribution in [2.75, 3.05) is 33.3 Å². The molecular weight excluding hydrogens is 335 g/mol. The van der Waals surface area contributed by atoms with Crippen molar-refractivity contribution >= 4 is 11.8 Å². The third-order valence-electron chi connectivity index (χ3n) is 5.57. The Morgan fingerprint density at radius 1 is 1.12 bits per heavy atom. The van der Waals surface area contributed by atoms with Crippen molar-refractivity contribution in [3.63, 3.8) is 0 Å². The quantitative estimate of drug-likeness (QED) is 0.809. The summed E-state index contributed by atoms with van der Waals surface area (Å²) in [4.78, 5) is 28.4. The highest BCUT2D eigenvalue weighted by Gasteiger charge is 2.27. The van der Waals surface area contributed by atoms with Crippen LogP contribution in [0.2, 0.25) is 0 Å². The highest BCUT2D eigenvalue weighted by Crippen LogP contribution is 2.28. The SMILES string of the molecule is COc1ccc(C(=O)N2CCN(C(=O)CCC3CCCC3)CC2)c(F)c1. The molecule has 1 aromatic carbocycles. The molecule has 2 fully saturated rings. The lowest BCUT2D eigenvalue weighted by molar-refractivity contribution is -0.133. The van der Waals surface area contributed by atoms with Crippen LogP contribution in [0.25, 0.3) is 0 Å². The molecule has 0 aromatic heterocycles. The summed E-state index contributed by atoms with van der Waals surface area (Å²) in [6.45, 7) is 1.93. The van der Waals surface area contributed by atoms with Crippen molar-refractivity contribution in [3.05, 3.63) is 29.6 Å². The number of halogens is 1. The maximum Gasteiger partial charge on any atom is 0.256 e. The Hall–Kier alpha value is -2.11. The van der Waals surface area contributed by atoms with Gasteiger partial charge < -0.3 is 14.5 Å². The molecule has 26 heavy (non-hydrogen) atoms. The second-order valence-corrected chi connectivity index (χ2v) is 7.21. The average molecular weight is 362 g/mol. The van der Waals surface area contributed by atoms with Crippen molar-refractivity contribution in [3.8, 4) is 5.75 Å². The first-order valence-corrected chi connectivity index (χ1v) is 9.49. The number of ether oxygens (including phenoxy) is 1. The van der Waals surface area contributed by atoms with Crippen LogP contribution in [-0.4, -0.2) is 54.9 Å². The molecule has 1 aliphatic heterocycles. The first kappa shape index (κ1) is 18.7. The van der Waals surface area contributed by atoms with Gasteiger partial charge in [-0.1, -0.05) is 25.7 Å². The van der Waals surface area contributed by atoms with E-state index in [1.165, 1.54) is 44.9 Å². The van der Waals surface area contributed by atoms with Crippen molar-refractivity contribution in [2.24, 2.45) is 5.92 Å². The van der Waals surface area contributed by atoms with Gasteiger partial charge in [0.25, 0.3) is 5.91 Å². The third-order valence-corrected chi connectivity index (χ3v) is 5.57. The number of hydrogen-bond donors (Lipinski definition) is 0. The molecule has 1 aliphatic carbocycles. The lowest BCUT2D eigenvalue weighted by Gasteiger charge is -2.35. The predicted octanol–water partition coefficient (Wildman–Crippen LogP) is 3.09. The van der Waals surface area contributed by atoms with Gasteiger partial charge in [0.2, 0.25) is 5.91 Å². The Kier molecular flexibility index (Phi) is 6.12. The smallest absolute Gasteiger partial charge is 0.256 e. The summed E-state index contributed by atoms with van der Waals surface area (Å²) in [5.41, 5.74) is 0.0480. The number of methoxy groups -OCH3 is 1. The van der Waals surface area contributed by atoms with E-state index in [0.717, 1.165) is 6.42 Å². The molecule has 1 saturated heterocycles. The van der Waals surface area contributed by atoms with Gasteiger partial charge in [0.15, 0.2) is 0 Å². The van der Waals surface area contributed by atoms with Gasteiger partial charge in [-0.2, -0.15) is 0 Å². The van der Waals surface area contributed by atoms with E-state index in [1.807, 2.05) is 4.90 Å². The molecule has 6 heteroatoms. The van der Waals surface area contributed by atoms with Crippen molar-refractivity contribution < 1.29 is 18.7 Å². The van der Waals surface area contributed by atoms with Crippen LogP contribution in [-0.2, 0) is 4.79 Å². The molecule has 3 rings (SSSR count). The van der Waals surface area contributed by atoms with Crippen LogP contribution < -0.4 is 4.74 Å². The lowest BCUT2D eigenvalue weighted by atomic mass is 10.0. The van der Waals surface area contributed by atoms with Crippen LogP contribution in [0.15, 0.2) is 18.2 Å². The van der Waals surface area contributed by atoms with Gasteiger partial charge >= 0.3 is 0 Å². The van der Waals surface area contributed by atoms with E-state index in [1.54, 1.807) is 11.0 Å². The molecule has 5 nitrogen and oxygen atoms in total. The molecule has 142 valence electrons. The summed E-state index contributed by atoms with van der Waals surface area (Å²) in [7, 11) is 1.46. The minimum Gasteiger partial charge on any atom is -0.497 e. The van der Waals surface area contributed by atoms with Crippen LogP contribution in [0.5, 0.6) is 5.75 Å². The van der Waals surface area contributed by atoms with Gasteiger partial charge in [0, 0.05) is 38.7 Å². The maximum atomic E-state index is 14.1. The minimum absolute atomic E-state index is 0.0480. The summed E-state index contributed by atoms with van der Waals surface area (Å²) in [5.74, 6) is 0.365. The molecule has 1 heterocycles. The average Bonchev–Trinajstić information content (AvgIpc) is 3.19. The number of benzene rings is 1. The summed E-state index contributed by atoms with van der Waals surface area (Å²) in [6.07, 6.45) is 6.68. The molecule has 0 atom stereocenters. The molecule has 0 N–H and O–H groups in total. The fourth-order valence-electron chi connectivity index (χ4n) is 3.91. The van der Waals surface area contributed by atoms with Crippen LogP contribution in [0.1, 0.15) is 48.9 Å². The Bertz CT molecular complexity index is 650. The fourth-order valence-corrected chi connectivity index (χ4v) is 3.91. The maximum absolute atomic E-state index is 14.1. The first-order chi connectivity index (χ1) is 12.6. The van der Waals surface area contributed by atoms with E-state index in [-0.39, 0.29) is 17.4 Å². The molecule has 1 aromatic rings. The van der Waals surface area contributed by atoms with Crippen LogP contribution in [0, 0.1) is 11.7 Å². The number of carbonyl (C=O) groups is 2. The molecule has 2 amide bonds. The molecular formula is C20H27FN2O3. The summed E-state index contributed by atoms with van der Waals surface area (Å²) >= 11 is 0. The lowest BCUT2D eigenvalue weighted by Crippen LogP contribution is -2.50. The molecule has 0 bridgehead atoms. The van der Waals surface area contributed by atoms with E-state index in [9.17, 15) is 14.0 Å². The largest absolute Gasteiger partial charge is 0.497 e. The van der Waals surface area contributed by atoms with E-state index in [2.05, 4.69) is 0 Å². The molecule has 2 aliphatic rings. The standard InChI is InChI=1S/C20H27FN2O3/c1-26-16-7-8-17(18(21)14-16)20(25)23-12-10-22(11-13-23)19(24)9-6-15-4-2-3-5-15/h7-8,14-15H,2-6,9-13H2,1H3. The molecule has 1 saturated carbocycles. The summed E-state index contributed by atoms with van der Waals surface area (Å²) in [6, 6.07) is 4.25. The van der Waals surface area contributed by atoms with Gasteiger partial charge in [-0.05, 0) is 24.5 Å². The highest BCUT2D eigenvalue weighted by atomic mass is 19.1. The topological polar surface area (TPSA) is 49.9 Å². The van der Waals surface area contributed by atoms with Crippen molar-refractivity contribution in [1.82, 2.24) is 9.80 Å². The second kappa shape index (κ2) is 8.52. The van der Waals surface area contributed by atoms with Crippen LogP contribution in [0.3, 0.4) is 0 Å². The predicted molar refractivity (Wildman–Crippen MR) is 96.6 cm³/mol. The minimum atomic E-state index is -0.579. The van der Waals surface area contributed by atoms with Crippen LogP contribution >= 0.6 is 0 Å². The van der Waals surface area contributed by atoms with Crippen molar-refractivity contribution in [1.29, 1.82) is 0 Å². The van der Waals surface area contributed by atoms with E-state index >= 15 is 0 Å². The van der Waals surface area contributed by atoms with Crippen molar-refractivity contribution in [2.45, 2.75) is 38.5 Å². The number of nitrogens with zero attached hydrogens (tertiary/aromatic N) is 2. The number of piperazine rings is 1. The number of amides is 2. The van der Waals surface area contributed by atoms with Gasteiger partial charge in [-0.25, -0.2) is 4.39 Å². The summed E-state index contributed by atoms with van der Waals surface area (Å²) < 4.78 is 19.1. The Balaban J connectivity index is 1.49. The van der Waals surface area contributed by atoms with Gasteiger partial charge in [-0.3, -0.25) is 9.59 Å².